The average Bonchev–Trinajstić information content (AvgIpc) is 2.29. The maximum Gasteiger partial charge on any atom is 0.274 e. The standard InChI is InChI=1S/C9H13N3O4/c1-9(5-13,6-14)11-8-4-7(12(15)16)2-3-10-8/h2-4,13-14H,5-6H2,1H3,(H,10,11). The number of aromatic nitrogens is 1. The molecule has 0 aliphatic heterocycles. The minimum Gasteiger partial charge on any atom is -0.394 e. The SMILES string of the molecule is CC(CO)(CO)Nc1cc([N+](=O)[O-])ccn1. The number of nitrogens with zero attached hydrogens (tertiary/aromatic N) is 2. The summed E-state index contributed by atoms with van der Waals surface area (Å²) in [6, 6.07) is 2.50. The summed E-state index contributed by atoms with van der Waals surface area (Å²) in [5, 5.41) is 31.3. The van der Waals surface area contributed by atoms with Crippen molar-refractivity contribution in [1.29, 1.82) is 0 Å². The molecule has 0 unspecified atom stereocenters. The van der Waals surface area contributed by atoms with Crippen LogP contribution in [-0.4, -0.2) is 38.9 Å². The van der Waals surface area contributed by atoms with E-state index in [4.69, 9.17) is 10.2 Å². The van der Waals surface area contributed by atoms with Gasteiger partial charge < -0.3 is 15.5 Å². The first-order valence-electron chi connectivity index (χ1n) is 4.61. The fourth-order valence-corrected chi connectivity index (χ4v) is 1.04. The fourth-order valence-electron chi connectivity index (χ4n) is 1.04. The normalized spacial score (nSPS) is 11.2. The summed E-state index contributed by atoms with van der Waals surface area (Å²) < 4.78 is 0. The van der Waals surface area contributed by atoms with Gasteiger partial charge in [0, 0.05) is 12.3 Å². The Morgan fingerprint density at radius 1 is 1.56 bits per heavy atom. The first-order valence-corrected chi connectivity index (χ1v) is 4.61. The lowest BCUT2D eigenvalue weighted by Crippen LogP contribution is -2.42. The van der Waals surface area contributed by atoms with Crippen LogP contribution in [-0.2, 0) is 0 Å². The topological polar surface area (TPSA) is 109 Å². The first kappa shape index (κ1) is 12.3. The second kappa shape index (κ2) is 4.86. The van der Waals surface area contributed by atoms with Gasteiger partial charge in [0.05, 0.1) is 29.7 Å². The fraction of sp³-hybridized carbons (Fsp3) is 0.444. The van der Waals surface area contributed by atoms with Crippen LogP contribution >= 0.6 is 0 Å². The lowest BCUT2D eigenvalue weighted by atomic mass is 10.1. The highest BCUT2D eigenvalue weighted by molar-refractivity contribution is 5.45. The van der Waals surface area contributed by atoms with Gasteiger partial charge in [-0.2, -0.15) is 0 Å². The number of nitro groups is 1. The molecule has 0 aliphatic rings. The van der Waals surface area contributed by atoms with Crippen molar-refractivity contribution in [2.75, 3.05) is 18.5 Å². The van der Waals surface area contributed by atoms with Gasteiger partial charge in [-0.15, -0.1) is 0 Å². The lowest BCUT2D eigenvalue weighted by Gasteiger charge is -2.26. The van der Waals surface area contributed by atoms with Crippen molar-refractivity contribution in [2.45, 2.75) is 12.5 Å². The molecule has 7 nitrogen and oxygen atoms in total. The molecule has 16 heavy (non-hydrogen) atoms. The quantitative estimate of drug-likeness (QED) is 0.488. The number of nitrogens with one attached hydrogen (secondary N) is 1. The Hall–Kier alpha value is -1.73. The van der Waals surface area contributed by atoms with Crippen LogP contribution < -0.4 is 5.32 Å². The van der Waals surface area contributed by atoms with Gasteiger partial charge in [-0.25, -0.2) is 4.98 Å². The minimum absolute atomic E-state index is 0.101. The summed E-state index contributed by atoms with van der Waals surface area (Å²) in [4.78, 5) is 13.8. The Bertz CT molecular complexity index is 379. The van der Waals surface area contributed by atoms with Crippen LogP contribution in [0.25, 0.3) is 0 Å². The Morgan fingerprint density at radius 3 is 2.69 bits per heavy atom. The second-order valence-electron chi connectivity index (χ2n) is 3.66. The number of hydrogen-bond donors (Lipinski definition) is 3. The summed E-state index contributed by atoms with van der Waals surface area (Å²) in [7, 11) is 0. The van der Waals surface area contributed by atoms with E-state index in [1.807, 2.05) is 0 Å². The van der Waals surface area contributed by atoms with Gasteiger partial charge in [0.15, 0.2) is 0 Å². The summed E-state index contributed by atoms with van der Waals surface area (Å²) in [6.07, 6.45) is 1.29. The highest BCUT2D eigenvalue weighted by atomic mass is 16.6. The van der Waals surface area contributed by atoms with E-state index in [9.17, 15) is 10.1 Å². The third-order valence-electron chi connectivity index (χ3n) is 2.08. The van der Waals surface area contributed by atoms with Gasteiger partial charge in [0.2, 0.25) is 0 Å². The molecule has 0 fully saturated rings. The van der Waals surface area contributed by atoms with E-state index in [0.717, 1.165) is 0 Å². The Balaban J connectivity index is 2.89. The van der Waals surface area contributed by atoms with Crippen LogP contribution in [0, 0.1) is 10.1 Å². The molecule has 0 saturated heterocycles. The smallest absolute Gasteiger partial charge is 0.274 e. The number of pyridine rings is 1. The Morgan fingerprint density at radius 2 is 2.19 bits per heavy atom. The zero-order chi connectivity index (χ0) is 12.2. The van der Waals surface area contributed by atoms with Gasteiger partial charge in [0.25, 0.3) is 5.69 Å². The molecule has 7 heteroatoms. The highest BCUT2D eigenvalue weighted by Crippen LogP contribution is 2.17. The predicted octanol–water partition coefficient (Wildman–Crippen LogP) is 0.145. The minimum atomic E-state index is -0.956. The number of aliphatic hydroxyl groups excluding tert-OH is 2. The summed E-state index contributed by atoms with van der Waals surface area (Å²) in [5.41, 5.74) is -1.06. The molecular formula is C9H13N3O4. The van der Waals surface area contributed by atoms with E-state index >= 15 is 0 Å². The number of rotatable bonds is 5. The largest absolute Gasteiger partial charge is 0.394 e. The zero-order valence-corrected chi connectivity index (χ0v) is 8.75. The van der Waals surface area contributed by atoms with Crippen LogP contribution in [0.1, 0.15) is 6.92 Å². The van der Waals surface area contributed by atoms with E-state index in [2.05, 4.69) is 10.3 Å². The predicted molar refractivity (Wildman–Crippen MR) is 57.1 cm³/mol. The molecular weight excluding hydrogens is 214 g/mol. The van der Waals surface area contributed by atoms with E-state index < -0.39 is 10.5 Å². The Labute approximate surface area is 91.9 Å². The molecule has 88 valence electrons. The highest BCUT2D eigenvalue weighted by Gasteiger charge is 2.23. The molecule has 3 N–H and O–H groups in total. The molecule has 1 aromatic heterocycles. The van der Waals surface area contributed by atoms with E-state index in [1.54, 1.807) is 6.92 Å². The summed E-state index contributed by atoms with van der Waals surface area (Å²) in [6.45, 7) is 0.954. The first-order chi connectivity index (χ1) is 7.50. The van der Waals surface area contributed by atoms with Crippen molar-refractivity contribution >= 4 is 11.5 Å². The molecule has 0 saturated carbocycles. The average molecular weight is 227 g/mol. The van der Waals surface area contributed by atoms with Crippen LogP contribution in [0.4, 0.5) is 11.5 Å². The number of hydrogen-bond acceptors (Lipinski definition) is 6. The van der Waals surface area contributed by atoms with E-state index in [0.29, 0.717) is 0 Å². The van der Waals surface area contributed by atoms with Crippen molar-refractivity contribution in [2.24, 2.45) is 0 Å². The number of aliphatic hydroxyl groups is 2. The molecule has 0 aromatic carbocycles. The molecule has 0 aliphatic carbocycles. The van der Waals surface area contributed by atoms with Gasteiger partial charge in [-0.1, -0.05) is 0 Å². The van der Waals surface area contributed by atoms with Crippen molar-refractivity contribution in [3.63, 3.8) is 0 Å². The van der Waals surface area contributed by atoms with Gasteiger partial charge in [0.1, 0.15) is 5.82 Å². The van der Waals surface area contributed by atoms with Gasteiger partial charge >= 0.3 is 0 Å². The molecule has 1 aromatic rings. The van der Waals surface area contributed by atoms with Gasteiger partial charge in [-0.05, 0) is 6.92 Å². The molecule has 0 radical (unpaired) electrons. The van der Waals surface area contributed by atoms with Crippen LogP contribution in [0.15, 0.2) is 18.3 Å². The van der Waals surface area contributed by atoms with Crippen molar-refractivity contribution in [3.8, 4) is 0 Å². The third kappa shape index (κ3) is 2.88. The Kier molecular flexibility index (Phi) is 3.75. The van der Waals surface area contributed by atoms with Gasteiger partial charge in [-0.3, -0.25) is 10.1 Å². The third-order valence-corrected chi connectivity index (χ3v) is 2.08. The summed E-state index contributed by atoms with van der Waals surface area (Å²) >= 11 is 0. The number of anilines is 1. The molecule has 0 spiro atoms. The van der Waals surface area contributed by atoms with Crippen molar-refractivity contribution in [3.05, 3.63) is 28.4 Å². The second-order valence-corrected chi connectivity index (χ2v) is 3.66. The van der Waals surface area contributed by atoms with Crippen molar-refractivity contribution in [1.82, 2.24) is 4.98 Å². The molecule has 1 heterocycles. The maximum atomic E-state index is 10.5. The lowest BCUT2D eigenvalue weighted by molar-refractivity contribution is -0.384. The monoisotopic (exact) mass is 227 g/mol. The maximum absolute atomic E-state index is 10.5. The molecule has 0 amide bonds. The van der Waals surface area contributed by atoms with E-state index in [-0.39, 0.29) is 24.7 Å². The zero-order valence-electron chi connectivity index (χ0n) is 8.75. The van der Waals surface area contributed by atoms with E-state index in [1.165, 1.54) is 18.3 Å². The van der Waals surface area contributed by atoms with Crippen LogP contribution in [0.2, 0.25) is 0 Å². The van der Waals surface area contributed by atoms with Crippen molar-refractivity contribution < 1.29 is 15.1 Å². The molecule has 0 atom stereocenters. The molecule has 0 bridgehead atoms. The van der Waals surface area contributed by atoms with Crippen LogP contribution in [0.5, 0.6) is 0 Å². The summed E-state index contributed by atoms with van der Waals surface area (Å²) in [5.74, 6) is 0.236. The van der Waals surface area contributed by atoms with Crippen LogP contribution in [0.3, 0.4) is 0 Å². The molecule has 1 rings (SSSR count).